The van der Waals surface area contributed by atoms with Gasteiger partial charge in [0.1, 0.15) is 17.1 Å². The standard InChI is InChI=1S/C25H27NO3/c1-3-26(4-2)24(28)19-11-9-18(10-12-19)22-17-25(15-13-20(27)14-16-25)29-23-8-6-5-7-21(22)23/h5-12,17H,3-4,13-16H2,1-2H3. The Labute approximate surface area is 172 Å². The lowest BCUT2D eigenvalue weighted by atomic mass is 9.79. The number of nitrogens with zero attached hydrogens (tertiary/aromatic N) is 1. The van der Waals surface area contributed by atoms with E-state index in [4.69, 9.17) is 4.74 Å². The molecule has 0 saturated heterocycles. The van der Waals surface area contributed by atoms with Gasteiger partial charge in [-0.3, -0.25) is 9.59 Å². The van der Waals surface area contributed by atoms with E-state index in [-0.39, 0.29) is 5.91 Å². The number of amides is 1. The van der Waals surface area contributed by atoms with E-state index in [1.165, 1.54) is 0 Å². The summed E-state index contributed by atoms with van der Waals surface area (Å²) >= 11 is 0. The minimum absolute atomic E-state index is 0.0603. The number of hydrogen-bond acceptors (Lipinski definition) is 3. The molecule has 4 nitrogen and oxygen atoms in total. The Morgan fingerprint density at radius 3 is 2.31 bits per heavy atom. The minimum Gasteiger partial charge on any atom is -0.483 e. The molecule has 0 radical (unpaired) electrons. The van der Waals surface area contributed by atoms with Gasteiger partial charge in [-0.25, -0.2) is 0 Å². The number of carbonyl (C=O) groups excluding carboxylic acids is 2. The molecular formula is C25H27NO3. The number of ether oxygens (including phenoxy) is 1. The molecule has 1 heterocycles. The number of benzene rings is 2. The highest BCUT2D eigenvalue weighted by molar-refractivity contribution is 5.95. The van der Waals surface area contributed by atoms with Gasteiger partial charge in [-0.15, -0.1) is 0 Å². The third-order valence-electron chi connectivity index (χ3n) is 6.05. The summed E-state index contributed by atoms with van der Waals surface area (Å²) < 4.78 is 6.39. The average molecular weight is 389 g/mol. The number of Topliss-reactive ketones (excluding diaryl/α,β-unsaturated/α-hetero) is 1. The van der Waals surface area contributed by atoms with E-state index in [1.807, 2.05) is 61.2 Å². The smallest absolute Gasteiger partial charge is 0.253 e. The lowest BCUT2D eigenvalue weighted by Crippen LogP contribution is -2.40. The molecule has 4 heteroatoms. The summed E-state index contributed by atoms with van der Waals surface area (Å²) in [5.74, 6) is 1.24. The Kier molecular flexibility index (Phi) is 5.27. The molecule has 2 aliphatic rings. The van der Waals surface area contributed by atoms with Crippen molar-refractivity contribution in [2.45, 2.75) is 45.1 Å². The van der Waals surface area contributed by atoms with E-state index in [0.717, 1.165) is 22.4 Å². The van der Waals surface area contributed by atoms with Gasteiger partial charge in [-0.2, -0.15) is 0 Å². The van der Waals surface area contributed by atoms with Crippen molar-refractivity contribution < 1.29 is 14.3 Å². The number of rotatable bonds is 4. The highest BCUT2D eigenvalue weighted by Gasteiger charge is 2.39. The molecule has 1 amide bonds. The van der Waals surface area contributed by atoms with Crippen molar-refractivity contribution in [3.05, 3.63) is 71.3 Å². The van der Waals surface area contributed by atoms with Crippen LogP contribution in [0, 0.1) is 0 Å². The van der Waals surface area contributed by atoms with Gasteiger partial charge in [0.05, 0.1) is 0 Å². The molecule has 1 spiro atoms. The van der Waals surface area contributed by atoms with Crippen LogP contribution in [0.4, 0.5) is 0 Å². The van der Waals surface area contributed by atoms with E-state index < -0.39 is 5.60 Å². The van der Waals surface area contributed by atoms with Crippen molar-refractivity contribution in [1.82, 2.24) is 4.90 Å². The summed E-state index contributed by atoms with van der Waals surface area (Å²) in [4.78, 5) is 26.2. The summed E-state index contributed by atoms with van der Waals surface area (Å²) in [6.45, 7) is 5.39. The van der Waals surface area contributed by atoms with Crippen LogP contribution >= 0.6 is 0 Å². The molecule has 0 aromatic heterocycles. The maximum atomic E-state index is 12.6. The van der Waals surface area contributed by atoms with Gasteiger partial charge < -0.3 is 9.64 Å². The average Bonchev–Trinajstić information content (AvgIpc) is 2.76. The van der Waals surface area contributed by atoms with E-state index in [2.05, 4.69) is 12.1 Å². The van der Waals surface area contributed by atoms with Crippen molar-refractivity contribution in [3.8, 4) is 5.75 Å². The third kappa shape index (κ3) is 3.71. The molecule has 2 aromatic carbocycles. The Hall–Kier alpha value is -2.88. The molecule has 1 aliphatic carbocycles. The highest BCUT2D eigenvalue weighted by Crippen LogP contribution is 2.44. The Bertz CT molecular complexity index is 944. The monoisotopic (exact) mass is 389 g/mol. The van der Waals surface area contributed by atoms with Crippen LogP contribution in [0.25, 0.3) is 5.57 Å². The van der Waals surface area contributed by atoms with Crippen LogP contribution in [0.2, 0.25) is 0 Å². The van der Waals surface area contributed by atoms with Crippen LogP contribution in [0.1, 0.15) is 61.0 Å². The largest absolute Gasteiger partial charge is 0.483 e. The van der Waals surface area contributed by atoms with Crippen molar-refractivity contribution in [2.75, 3.05) is 13.1 Å². The van der Waals surface area contributed by atoms with Crippen LogP contribution < -0.4 is 4.74 Å². The molecule has 1 aliphatic heterocycles. The Morgan fingerprint density at radius 2 is 1.66 bits per heavy atom. The first-order valence-electron chi connectivity index (χ1n) is 10.5. The zero-order valence-electron chi connectivity index (χ0n) is 17.1. The molecule has 1 saturated carbocycles. The fourth-order valence-electron chi connectivity index (χ4n) is 4.29. The molecule has 0 N–H and O–H groups in total. The summed E-state index contributed by atoms with van der Waals surface area (Å²) in [6, 6.07) is 15.9. The van der Waals surface area contributed by atoms with Crippen LogP contribution in [0.3, 0.4) is 0 Å². The molecule has 0 unspecified atom stereocenters. The zero-order chi connectivity index (χ0) is 20.4. The van der Waals surface area contributed by atoms with Crippen molar-refractivity contribution in [2.24, 2.45) is 0 Å². The number of hydrogen-bond donors (Lipinski definition) is 0. The van der Waals surface area contributed by atoms with E-state index in [1.54, 1.807) is 0 Å². The normalized spacial score (nSPS) is 17.3. The molecule has 1 fully saturated rings. The second kappa shape index (κ2) is 7.86. The predicted octanol–water partition coefficient (Wildman–Crippen LogP) is 4.87. The van der Waals surface area contributed by atoms with Gasteiger partial charge in [0.15, 0.2) is 0 Å². The number of fused-ring (bicyclic) bond motifs is 1. The second-order valence-electron chi connectivity index (χ2n) is 7.81. The van der Waals surface area contributed by atoms with Gasteiger partial charge in [0, 0.05) is 37.1 Å². The van der Waals surface area contributed by atoms with E-state index >= 15 is 0 Å². The molecule has 0 bridgehead atoms. The number of para-hydroxylation sites is 1. The van der Waals surface area contributed by atoms with Gasteiger partial charge in [-0.05, 0) is 62.1 Å². The molecule has 150 valence electrons. The van der Waals surface area contributed by atoms with Gasteiger partial charge in [0.2, 0.25) is 0 Å². The molecule has 29 heavy (non-hydrogen) atoms. The summed E-state index contributed by atoms with van der Waals surface area (Å²) in [6.07, 6.45) is 4.74. The minimum atomic E-state index is -0.423. The lowest BCUT2D eigenvalue weighted by molar-refractivity contribution is -0.123. The highest BCUT2D eigenvalue weighted by atomic mass is 16.5. The molecule has 0 atom stereocenters. The van der Waals surface area contributed by atoms with E-state index in [9.17, 15) is 9.59 Å². The van der Waals surface area contributed by atoms with Crippen LogP contribution in [-0.2, 0) is 4.79 Å². The van der Waals surface area contributed by atoms with Gasteiger partial charge in [-0.1, -0.05) is 30.3 Å². The van der Waals surface area contributed by atoms with Crippen molar-refractivity contribution in [3.63, 3.8) is 0 Å². The molecule has 4 rings (SSSR count). The van der Waals surface area contributed by atoms with Gasteiger partial charge in [0.25, 0.3) is 5.91 Å². The second-order valence-corrected chi connectivity index (χ2v) is 7.81. The van der Waals surface area contributed by atoms with Crippen molar-refractivity contribution in [1.29, 1.82) is 0 Å². The summed E-state index contributed by atoms with van der Waals surface area (Å²) in [7, 11) is 0. The van der Waals surface area contributed by atoms with Crippen molar-refractivity contribution >= 4 is 17.3 Å². The predicted molar refractivity (Wildman–Crippen MR) is 114 cm³/mol. The van der Waals surface area contributed by atoms with Crippen LogP contribution in [0.15, 0.2) is 54.6 Å². The summed E-state index contributed by atoms with van der Waals surface area (Å²) in [5, 5.41) is 0. The quantitative estimate of drug-likeness (QED) is 0.749. The number of ketones is 1. The first-order valence-corrected chi connectivity index (χ1v) is 10.5. The van der Waals surface area contributed by atoms with Crippen LogP contribution in [-0.4, -0.2) is 35.3 Å². The van der Waals surface area contributed by atoms with Gasteiger partial charge >= 0.3 is 0 Å². The molecular weight excluding hydrogens is 362 g/mol. The topological polar surface area (TPSA) is 46.6 Å². The fraction of sp³-hybridized carbons (Fsp3) is 0.360. The fourth-order valence-corrected chi connectivity index (χ4v) is 4.29. The summed E-state index contributed by atoms with van der Waals surface area (Å²) in [5.41, 5.74) is 3.51. The number of carbonyl (C=O) groups is 2. The maximum absolute atomic E-state index is 12.6. The zero-order valence-corrected chi connectivity index (χ0v) is 17.1. The first-order chi connectivity index (χ1) is 14.0. The van der Waals surface area contributed by atoms with E-state index in [0.29, 0.717) is 50.1 Å². The maximum Gasteiger partial charge on any atom is 0.253 e. The molecule has 2 aromatic rings. The first kappa shape index (κ1) is 19.4. The Morgan fingerprint density at radius 1 is 1.00 bits per heavy atom. The SMILES string of the molecule is CCN(CC)C(=O)c1ccc(C2=CC3(CCC(=O)CC3)Oc3ccccc32)cc1. The van der Waals surface area contributed by atoms with Crippen LogP contribution in [0.5, 0.6) is 5.75 Å². The lowest BCUT2D eigenvalue weighted by Gasteiger charge is -2.39. The third-order valence-corrected chi connectivity index (χ3v) is 6.05. The Balaban J connectivity index is 1.70.